The highest BCUT2D eigenvalue weighted by molar-refractivity contribution is 5.96. The summed E-state index contributed by atoms with van der Waals surface area (Å²) in [7, 11) is 1.25. The minimum absolute atomic E-state index is 0.0206. The second kappa shape index (κ2) is 8.77. The van der Waals surface area contributed by atoms with Crippen molar-refractivity contribution in [3.8, 4) is 5.75 Å². The van der Waals surface area contributed by atoms with Crippen LogP contribution >= 0.6 is 0 Å². The Labute approximate surface area is 186 Å². The van der Waals surface area contributed by atoms with Crippen molar-refractivity contribution in [2.45, 2.75) is 25.0 Å². The number of rotatable bonds is 6. The number of carbonyl (C=O) groups is 1. The van der Waals surface area contributed by atoms with E-state index in [-0.39, 0.29) is 30.1 Å². The van der Waals surface area contributed by atoms with Crippen molar-refractivity contribution >= 4 is 23.4 Å². The van der Waals surface area contributed by atoms with Crippen molar-refractivity contribution in [2.24, 2.45) is 0 Å². The smallest absolute Gasteiger partial charge is 0.421 e. The zero-order valence-corrected chi connectivity index (χ0v) is 16.7. The van der Waals surface area contributed by atoms with Crippen LogP contribution in [0.1, 0.15) is 34.2 Å². The topological polar surface area (TPSA) is 88.6 Å². The van der Waals surface area contributed by atoms with Crippen LogP contribution in [0.15, 0.2) is 18.3 Å². The molecule has 2 atom stereocenters. The third-order valence-corrected chi connectivity index (χ3v) is 4.70. The van der Waals surface area contributed by atoms with Gasteiger partial charge in [-0.15, -0.1) is 0 Å². The molecule has 1 aliphatic heterocycles. The molecule has 1 aromatic heterocycles. The van der Waals surface area contributed by atoms with Gasteiger partial charge in [-0.3, -0.25) is 4.79 Å². The van der Waals surface area contributed by atoms with E-state index in [1.165, 1.54) is 12.0 Å². The number of carbonyl (C=O) groups excluding carboxylic acids is 1. The standard InChI is InChI=1S/C20H21F4N5O3/c1-31-16-8-12(18(30)29-4-6-32-7-5-29)14(21)9-15(16)27-19-25-10-13(20(22,23)24)17(28-19)26-11-2-3-11/h8-11H,2-7H2,1H3,(H2,25,26,27,28)/i2D,3D2,11D. The van der Waals surface area contributed by atoms with E-state index >= 15 is 0 Å². The van der Waals surface area contributed by atoms with Crippen LogP contribution in [0.4, 0.5) is 35.0 Å². The van der Waals surface area contributed by atoms with Gasteiger partial charge in [0.1, 0.15) is 22.9 Å². The third-order valence-electron chi connectivity index (χ3n) is 4.70. The Balaban J connectivity index is 1.64. The minimum atomic E-state index is -4.94. The minimum Gasteiger partial charge on any atom is -0.495 e. The lowest BCUT2D eigenvalue weighted by Gasteiger charge is -2.27. The van der Waals surface area contributed by atoms with Crippen LogP contribution in [0.25, 0.3) is 0 Å². The molecule has 8 nitrogen and oxygen atoms in total. The summed E-state index contributed by atoms with van der Waals surface area (Å²) in [6, 6.07) is -0.309. The summed E-state index contributed by atoms with van der Waals surface area (Å²) >= 11 is 0. The molecule has 1 aliphatic carbocycles. The van der Waals surface area contributed by atoms with Crippen molar-refractivity contribution in [3.05, 3.63) is 35.3 Å². The average Bonchev–Trinajstić information content (AvgIpc) is 3.20. The number of nitrogens with one attached hydrogen (secondary N) is 2. The number of ether oxygens (including phenoxy) is 2. The first-order chi connectivity index (χ1) is 16.8. The molecule has 12 heteroatoms. The Morgan fingerprint density at radius 1 is 1.38 bits per heavy atom. The number of alkyl halides is 3. The van der Waals surface area contributed by atoms with Crippen molar-refractivity contribution in [1.29, 1.82) is 0 Å². The van der Waals surface area contributed by atoms with E-state index in [4.69, 9.17) is 15.0 Å². The fourth-order valence-electron chi connectivity index (χ4n) is 3.02. The highest BCUT2D eigenvalue weighted by Crippen LogP contribution is 2.37. The molecule has 1 saturated heterocycles. The number of hydrogen-bond donors (Lipinski definition) is 2. The fourth-order valence-corrected chi connectivity index (χ4v) is 3.02. The molecule has 4 rings (SSSR count). The van der Waals surface area contributed by atoms with Gasteiger partial charge in [0.25, 0.3) is 5.91 Å². The maximum Gasteiger partial charge on any atom is 0.421 e. The molecule has 2 aromatic rings. The van der Waals surface area contributed by atoms with Crippen LogP contribution in [-0.2, 0) is 10.9 Å². The van der Waals surface area contributed by atoms with Crippen LogP contribution in [-0.4, -0.2) is 60.2 Å². The van der Waals surface area contributed by atoms with Gasteiger partial charge in [0.2, 0.25) is 5.95 Å². The van der Waals surface area contributed by atoms with Gasteiger partial charge in [0.15, 0.2) is 0 Å². The summed E-state index contributed by atoms with van der Waals surface area (Å²) in [6.07, 6.45) is -8.59. The first-order valence-corrected chi connectivity index (χ1v) is 9.46. The van der Waals surface area contributed by atoms with E-state index in [9.17, 15) is 22.4 Å². The summed E-state index contributed by atoms with van der Waals surface area (Å²) in [4.78, 5) is 21.4. The second-order valence-corrected chi connectivity index (χ2v) is 6.84. The molecular weight excluding hydrogens is 434 g/mol. The van der Waals surface area contributed by atoms with Gasteiger partial charge in [-0.25, -0.2) is 9.37 Å². The molecule has 0 radical (unpaired) electrons. The maximum absolute atomic E-state index is 14.9. The molecule has 2 fully saturated rings. The molecule has 1 saturated carbocycles. The fraction of sp³-hybridized carbons (Fsp3) is 0.450. The van der Waals surface area contributed by atoms with E-state index in [0.29, 0.717) is 19.4 Å². The molecule has 0 bridgehead atoms. The predicted octanol–water partition coefficient (Wildman–Crippen LogP) is 3.43. The van der Waals surface area contributed by atoms with Crippen LogP contribution in [0, 0.1) is 5.82 Å². The molecule has 2 heterocycles. The van der Waals surface area contributed by atoms with Gasteiger partial charge >= 0.3 is 6.18 Å². The Bertz CT molecular complexity index is 1180. The summed E-state index contributed by atoms with van der Waals surface area (Å²) in [6.45, 7) is 1.19. The van der Waals surface area contributed by atoms with Crippen molar-refractivity contribution in [2.75, 3.05) is 44.0 Å². The molecule has 0 spiro atoms. The number of methoxy groups -OCH3 is 1. The van der Waals surface area contributed by atoms with Gasteiger partial charge in [0, 0.05) is 35.5 Å². The quantitative estimate of drug-likeness (QED) is 0.640. The zero-order valence-electron chi connectivity index (χ0n) is 20.7. The van der Waals surface area contributed by atoms with E-state index in [0.717, 1.165) is 12.1 Å². The van der Waals surface area contributed by atoms with Crippen molar-refractivity contribution in [1.82, 2.24) is 14.9 Å². The second-order valence-electron chi connectivity index (χ2n) is 6.84. The molecule has 32 heavy (non-hydrogen) atoms. The normalized spacial score (nSPS) is 26.3. The van der Waals surface area contributed by atoms with Crippen LogP contribution in [0.5, 0.6) is 5.75 Å². The van der Waals surface area contributed by atoms with Crippen LogP contribution < -0.4 is 15.4 Å². The SMILES string of the molecule is [2H]C1C([2H])([2H])C1([2H])Nc1nc(Nc2cc(F)c(C(=O)N3CCOCC3)cc2OC)ncc1C(F)(F)F. The first-order valence-electron chi connectivity index (χ1n) is 11.5. The van der Waals surface area contributed by atoms with Crippen LogP contribution in [0.3, 0.4) is 0 Å². The largest absolute Gasteiger partial charge is 0.495 e. The Morgan fingerprint density at radius 3 is 2.72 bits per heavy atom. The Hall–Kier alpha value is -3.15. The third kappa shape index (κ3) is 4.85. The van der Waals surface area contributed by atoms with Gasteiger partial charge in [0.05, 0.1) is 32.9 Å². The van der Waals surface area contributed by atoms with Gasteiger partial charge in [-0.1, -0.05) is 0 Å². The highest BCUT2D eigenvalue weighted by Gasteiger charge is 2.37. The molecular formula is C20H21F4N5O3. The molecule has 1 amide bonds. The lowest BCUT2D eigenvalue weighted by Crippen LogP contribution is -2.41. The number of halogens is 4. The van der Waals surface area contributed by atoms with E-state index < -0.39 is 54.0 Å². The lowest BCUT2D eigenvalue weighted by atomic mass is 10.1. The van der Waals surface area contributed by atoms with E-state index in [1.807, 2.05) is 0 Å². The monoisotopic (exact) mass is 459 g/mol. The number of nitrogens with zero attached hydrogens (tertiary/aromatic N) is 3. The number of amides is 1. The van der Waals surface area contributed by atoms with E-state index in [2.05, 4.69) is 20.6 Å². The van der Waals surface area contributed by atoms with E-state index in [1.54, 1.807) is 0 Å². The number of anilines is 3. The molecule has 1 aromatic carbocycles. The molecule has 172 valence electrons. The van der Waals surface area contributed by atoms with Crippen molar-refractivity contribution < 1.29 is 37.3 Å². The maximum atomic E-state index is 14.9. The van der Waals surface area contributed by atoms with Gasteiger partial charge in [-0.05, 0) is 18.8 Å². The molecule has 2 N–H and O–H groups in total. The zero-order chi connectivity index (χ0) is 26.5. The molecule has 2 aliphatic rings. The summed E-state index contributed by atoms with van der Waals surface area (Å²) < 4.78 is 96.5. The first kappa shape index (κ1) is 17.4. The Kier molecular flexibility index (Phi) is 4.77. The van der Waals surface area contributed by atoms with Gasteiger partial charge < -0.3 is 25.0 Å². The highest BCUT2D eigenvalue weighted by atomic mass is 19.4. The number of aromatic nitrogens is 2. The number of morpholine rings is 1. The number of hydrogen-bond acceptors (Lipinski definition) is 7. The van der Waals surface area contributed by atoms with Crippen molar-refractivity contribution in [3.63, 3.8) is 0 Å². The lowest BCUT2D eigenvalue weighted by molar-refractivity contribution is -0.137. The number of benzene rings is 1. The molecule has 2 unspecified atom stereocenters. The summed E-state index contributed by atoms with van der Waals surface area (Å²) in [5, 5.41) is 4.59. The van der Waals surface area contributed by atoms with Gasteiger partial charge in [-0.2, -0.15) is 18.2 Å². The Morgan fingerprint density at radius 2 is 2.09 bits per heavy atom. The summed E-state index contributed by atoms with van der Waals surface area (Å²) in [5.74, 6) is -2.91. The average molecular weight is 459 g/mol. The van der Waals surface area contributed by atoms with Crippen LogP contribution in [0.2, 0.25) is 0 Å². The predicted molar refractivity (Wildman–Crippen MR) is 107 cm³/mol. The summed E-state index contributed by atoms with van der Waals surface area (Å²) in [5.41, 5.74) is -1.75.